The Balaban J connectivity index is 1.77. The third-order valence-corrected chi connectivity index (χ3v) is 3.66. The van der Waals surface area contributed by atoms with Crippen LogP contribution in [0, 0.1) is 0 Å². The normalized spacial score (nSPS) is 20.4. The molecular formula is C12H20N2OS. The summed E-state index contributed by atoms with van der Waals surface area (Å²) in [5.74, 6) is 0. The van der Waals surface area contributed by atoms with Crippen LogP contribution in [0.2, 0.25) is 0 Å². The Hall–Kier alpha value is -0.450. The Labute approximate surface area is 101 Å². The largest absolute Gasteiger partial charge is 0.374 e. The molecule has 1 unspecified atom stereocenters. The van der Waals surface area contributed by atoms with Crippen molar-refractivity contribution >= 4 is 11.3 Å². The van der Waals surface area contributed by atoms with Gasteiger partial charge in [-0.1, -0.05) is 6.92 Å². The summed E-state index contributed by atoms with van der Waals surface area (Å²) in [5, 5.41) is 6.78. The number of hydrogen-bond acceptors (Lipinski definition) is 4. The molecule has 3 nitrogen and oxygen atoms in total. The van der Waals surface area contributed by atoms with Crippen LogP contribution in [0.1, 0.15) is 36.9 Å². The summed E-state index contributed by atoms with van der Waals surface area (Å²) in [6.07, 6.45) is 4.75. The van der Waals surface area contributed by atoms with Crippen molar-refractivity contribution in [3.05, 3.63) is 16.1 Å². The Morgan fingerprint density at radius 2 is 2.56 bits per heavy atom. The van der Waals surface area contributed by atoms with Crippen LogP contribution in [0.3, 0.4) is 0 Å². The summed E-state index contributed by atoms with van der Waals surface area (Å²) in [6.45, 7) is 4.80. The predicted molar refractivity (Wildman–Crippen MR) is 66.8 cm³/mol. The second-order valence-corrected chi connectivity index (χ2v) is 5.23. The van der Waals surface area contributed by atoms with Crippen LogP contribution in [-0.2, 0) is 17.8 Å². The Bertz CT molecular complexity index is 308. The number of nitrogens with zero attached hydrogens (tertiary/aromatic N) is 1. The molecule has 0 amide bonds. The quantitative estimate of drug-likeness (QED) is 0.775. The van der Waals surface area contributed by atoms with Gasteiger partial charge in [-0.25, -0.2) is 4.98 Å². The lowest BCUT2D eigenvalue weighted by atomic mass is 10.1. The van der Waals surface area contributed by atoms with Gasteiger partial charge < -0.3 is 10.1 Å². The zero-order valence-corrected chi connectivity index (χ0v) is 10.7. The lowest BCUT2D eigenvalue weighted by molar-refractivity contribution is 0.121. The van der Waals surface area contributed by atoms with Gasteiger partial charge in [0.15, 0.2) is 0 Å². The SMILES string of the molecule is CCCOCc1nc(CC2CCCN2)cs1. The zero-order valence-electron chi connectivity index (χ0n) is 9.87. The van der Waals surface area contributed by atoms with Crippen molar-refractivity contribution in [2.45, 2.75) is 45.3 Å². The molecule has 90 valence electrons. The van der Waals surface area contributed by atoms with E-state index in [2.05, 4.69) is 22.6 Å². The molecule has 1 aliphatic rings. The highest BCUT2D eigenvalue weighted by atomic mass is 32.1. The Kier molecular flexibility index (Phi) is 4.75. The molecule has 0 spiro atoms. The number of aromatic nitrogens is 1. The zero-order chi connectivity index (χ0) is 11.2. The van der Waals surface area contributed by atoms with Gasteiger partial charge in [0, 0.05) is 24.4 Å². The molecule has 4 heteroatoms. The van der Waals surface area contributed by atoms with Crippen molar-refractivity contribution in [1.82, 2.24) is 10.3 Å². The van der Waals surface area contributed by atoms with Gasteiger partial charge in [0.1, 0.15) is 5.01 Å². The van der Waals surface area contributed by atoms with Gasteiger partial charge in [0.2, 0.25) is 0 Å². The minimum Gasteiger partial charge on any atom is -0.374 e. The van der Waals surface area contributed by atoms with Crippen LogP contribution in [0.4, 0.5) is 0 Å². The summed E-state index contributed by atoms with van der Waals surface area (Å²) < 4.78 is 5.48. The fraction of sp³-hybridized carbons (Fsp3) is 0.750. The molecule has 0 bridgehead atoms. The molecule has 1 aliphatic heterocycles. The molecule has 1 aromatic rings. The minimum absolute atomic E-state index is 0.645. The summed E-state index contributed by atoms with van der Waals surface area (Å²) in [5.41, 5.74) is 1.22. The second kappa shape index (κ2) is 6.33. The second-order valence-electron chi connectivity index (χ2n) is 4.28. The molecule has 1 atom stereocenters. The van der Waals surface area contributed by atoms with Gasteiger partial charge in [-0.15, -0.1) is 11.3 Å². The fourth-order valence-corrected chi connectivity index (χ4v) is 2.74. The van der Waals surface area contributed by atoms with E-state index in [0.717, 1.165) is 24.5 Å². The fourth-order valence-electron chi connectivity index (χ4n) is 2.00. The topological polar surface area (TPSA) is 34.1 Å². The van der Waals surface area contributed by atoms with Crippen molar-refractivity contribution in [3.8, 4) is 0 Å². The van der Waals surface area contributed by atoms with E-state index >= 15 is 0 Å². The smallest absolute Gasteiger partial charge is 0.119 e. The molecule has 0 radical (unpaired) electrons. The summed E-state index contributed by atoms with van der Waals surface area (Å²) in [7, 11) is 0. The third kappa shape index (κ3) is 3.54. The third-order valence-electron chi connectivity index (χ3n) is 2.79. The van der Waals surface area contributed by atoms with Crippen molar-refractivity contribution < 1.29 is 4.74 Å². The lowest BCUT2D eigenvalue weighted by Gasteiger charge is -2.06. The Morgan fingerprint density at radius 3 is 3.31 bits per heavy atom. The maximum Gasteiger partial charge on any atom is 0.119 e. The highest BCUT2D eigenvalue weighted by Gasteiger charge is 2.15. The van der Waals surface area contributed by atoms with E-state index in [0.29, 0.717) is 12.6 Å². The van der Waals surface area contributed by atoms with E-state index in [1.165, 1.54) is 25.1 Å². The van der Waals surface area contributed by atoms with Crippen LogP contribution >= 0.6 is 11.3 Å². The van der Waals surface area contributed by atoms with Crippen LogP contribution in [0.5, 0.6) is 0 Å². The molecule has 1 fully saturated rings. The van der Waals surface area contributed by atoms with Gasteiger partial charge in [0.25, 0.3) is 0 Å². The number of hydrogen-bond donors (Lipinski definition) is 1. The first kappa shape index (κ1) is 12.0. The molecule has 16 heavy (non-hydrogen) atoms. The first-order chi connectivity index (χ1) is 7.88. The van der Waals surface area contributed by atoms with E-state index in [9.17, 15) is 0 Å². The molecular weight excluding hydrogens is 220 g/mol. The Morgan fingerprint density at radius 1 is 1.62 bits per heavy atom. The molecule has 1 aromatic heterocycles. The average Bonchev–Trinajstić information content (AvgIpc) is 2.91. The first-order valence-corrected chi connectivity index (χ1v) is 7.01. The van der Waals surface area contributed by atoms with Gasteiger partial charge >= 0.3 is 0 Å². The predicted octanol–water partition coefficient (Wildman–Crippen LogP) is 2.36. The maximum atomic E-state index is 5.48. The van der Waals surface area contributed by atoms with E-state index in [1.54, 1.807) is 11.3 Å². The van der Waals surface area contributed by atoms with Crippen LogP contribution in [-0.4, -0.2) is 24.2 Å². The highest BCUT2D eigenvalue weighted by Crippen LogP contribution is 2.16. The van der Waals surface area contributed by atoms with Crippen molar-refractivity contribution in [2.75, 3.05) is 13.2 Å². The van der Waals surface area contributed by atoms with E-state index in [-0.39, 0.29) is 0 Å². The molecule has 0 saturated carbocycles. The van der Waals surface area contributed by atoms with Crippen molar-refractivity contribution in [2.24, 2.45) is 0 Å². The first-order valence-electron chi connectivity index (χ1n) is 6.13. The number of thiazole rings is 1. The highest BCUT2D eigenvalue weighted by molar-refractivity contribution is 7.09. The van der Waals surface area contributed by atoms with Gasteiger partial charge in [-0.05, 0) is 25.8 Å². The lowest BCUT2D eigenvalue weighted by Crippen LogP contribution is -2.23. The van der Waals surface area contributed by atoms with Crippen LogP contribution in [0.25, 0.3) is 0 Å². The average molecular weight is 240 g/mol. The van der Waals surface area contributed by atoms with Gasteiger partial charge in [-0.3, -0.25) is 0 Å². The van der Waals surface area contributed by atoms with E-state index in [4.69, 9.17) is 4.74 Å². The van der Waals surface area contributed by atoms with E-state index < -0.39 is 0 Å². The van der Waals surface area contributed by atoms with Crippen molar-refractivity contribution in [3.63, 3.8) is 0 Å². The van der Waals surface area contributed by atoms with Crippen LogP contribution < -0.4 is 5.32 Å². The van der Waals surface area contributed by atoms with Gasteiger partial charge in [0.05, 0.1) is 12.3 Å². The number of nitrogens with one attached hydrogen (secondary N) is 1. The van der Waals surface area contributed by atoms with E-state index in [1.807, 2.05) is 0 Å². The monoisotopic (exact) mass is 240 g/mol. The standard InChI is InChI=1S/C12H20N2OS/c1-2-6-15-8-12-14-11(9-16-12)7-10-4-3-5-13-10/h9-10,13H,2-8H2,1H3. The molecule has 1 N–H and O–H groups in total. The number of rotatable bonds is 6. The molecule has 0 aromatic carbocycles. The molecule has 2 rings (SSSR count). The van der Waals surface area contributed by atoms with Crippen molar-refractivity contribution in [1.29, 1.82) is 0 Å². The number of ether oxygens (including phenoxy) is 1. The van der Waals surface area contributed by atoms with Gasteiger partial charge in [-0.2, -0.15) is 0 Å². The molecule has 1 saturated heterocycles. The van der Waals surface area contributed by atoms with Crippen LogP contribution in [0.15, 0.2) is 5.38 Å². The summed E-state index contributed by atoms with van der Waals surface area (Å²) in [4.78, 5) is 4.60. The summed E-state index contributed by atoms with van der Waals surface area (Å²) in [6, 6.07) is 0.645. The minimum atomic E-state index is 0.645. The maximum absolute atomic E-state index is 5.48. The summed E-state index contributed by atoms with van der Waals surface area (Å²) >= 11 is 1.72. The molecule has 0 aliphatic carbocycles. The molecule has 2 heterocycles.